The van der Waals surface area contributed by atoms with Crippen molar-refractivity contribution < 1.29 is 4.79 Å². The quantitative estimate of drug-likeness (QED) is 0.852. The van der Waals surface area contributed by atoms with Gasteiger partial charge in [0.25, 0.3) is 0 Å². The van der Waals surface area contributed by atoms with Crippen molar-refractivity contribution in [3.63, 3.8) is 0 Å². The van der Waals surface area contributed by atoms with E-state index in [1.165, 1.54) is 11.3 Å². The third-order valence-electron chi connectivity index (χ3n) is 2.17. The van der Waals surface area contributed by atoms with Gasteiger partial charge >= 0.3 is 0 Å². The van der Waals surface area contributed by atoms with E-state index in [9.17, 15) is 4.79 Å². The zero-order valence-corrected chi connectivity index (χ0v) is 10.7. The van der Waals surface area contributed by atoms with Gasteiger partial charge in [0.2, 0.25) is 5.91 Å². The van der Waals surface area contributed by atoms with Crippen LogP contribution in [0, 0.1) is 0 Å². The molecule has 16 heavy (non-hydrogen) atoms. The maximum absolute atomic E-state index is 11.3. The summed E-state index contributed by atoms with van der Waals surface area (Å²) < 4.78 is 1.11. The molecule has 0 unspecified atom stereocenters. The van der Waals surface area contributed by atoms with Gasteiger partial charge in [0.05, 0.1) is 10.2 Å². The summed E-state index contributed by atoms with van der Waals surface area (Å²) in [5.41, 5.74) is 0.978. The number of fused-ring (bicyclic) bond motifs is 1. The van der Waals surface area contributed by atoms with Crippen molar-refractivity contribution in [2.24, 2.45) is 0 Å². The molecule has 0 aliphatic rings. The van der Waals surface area contributed by atoms with Gasteiger partial charge in [0.1, 0.15) is 0 Å². The van der Waals surface area contributed by atoms with Crippen LogP contribution in [0.5, 0.6) is 0 Å². The van der Waals surface area contributed by atoms with Crippen LogP contribution >= 0.6 is 23.1 Å². The highest BCUT2D eigenvalue weighted by molar-refractivity contribution is 7.98. The maximum Gasteiger partial charge on any atom is 0.225 e. The summed E-state index contributed by atoms with van der Waals surface area (Å²) in [6.07, 6.45) is 2.50. The van der Waals surface area contributed by atoms with Gasteiger partial charge in [-0.15, -0.1) is 11.8 Å². The number of carbonyl (C=O) groups is 1. The Bertz CT molecular complexity index is 522. The summed E-state index contributed by atoms with van der Waals surface area (Å²) in [7, 11) is 0. The summed E-state index contributed by atoms with van der Waals surface area (Å²) >= 11 is 3.18. The summed E-state index contributed by atoms with van der Waals surface area (Å²) in [4.78, 5) is 16.8. The number of hydrogen-bond donors (Lipinski definition) is 1. The van der Waals surface area contributed by atoms with E-state index in [0.29, 0.717) is 11.6 Å². The summed E-state index contributed by atoms with van der Waals surface area (Å²) in [5.74, 6) is 0.00441. The molecule has 0 radical (unpaired) electrons. The van der Waals surface area contributed by atoms with Crippen molar-refractivity contribution in [3.05, 3.63) is 18.2 Å². The Labute approximate surface area is 102 Å². The lowest BCUT2D eigenvalue weighted by atomic mass is 10.3. The molecule has 1 aromatic carbocycles. The van der Waals surface area contributed by atoms with Crippen molar-refractivity contribution in [2.75, 3.05) is 11.6 Å². The molecular weight excluding hydrogens is 240 g/mol. The van der Waals surface area contributed by atoms with E-state index in [4.69, 9.17) is 0 Å². The lowest BCUT2D eigenvalue weighted by Crippen LogP contribution is -2.08. The highest BCUT2D eigenvalue weighted by atomic mass is 32.2. The minimum Gasteiger partial charge on any atom is -0.302 e. The Morgan fingerprint density at radius 3 is 3.06 bits per heavy atom. The van der Waals surface area contributed by atoms with Crippen molar-refractivity contribution in [1.82, 2.24) is 4.98 Å². The zero-order chi connectivity index (χ0) is 11.5. The van der Waals surface area contributed by atoms with E-state index >= 15 is 0 Å². The van der Waals surface area contributed by atoms with Gasteiger partial charge in [-0.1, -0.05) is 24.3 Å². The van der Waals surface area contributed by atoms with Gasteiger partial charge in [-0.05, 0) is 18.4 Å². The average Bonchev–Trinajstić information content (AvgIpc) is 2.70. The Hall–Kier alpha value is -1.07. The van der Waals surface area contributed by atoms with Crippen LogP contribution in [0.3, 0.4) is 0 Å². The fourth-order valence-corrected chi connectivity index (χ4v) is 2.89. The second kappa shape index (κ2) is 4.84. The van der Waals surface area contributed by atoms with Gasteiger partial charge in [-0.2, -0.15) is 0 Å². The van der Waals surface area contributed by atoms with E-state index in [0.717, 1.165) is 15.1 Å². The molecule has 1 aromatic heterocycles. The van der Waals surface area contributed by atoms with Crippen LogP contribution in [0.1, 0.15) is 13.3 Å². The smallest absolute Gasteiger partial charge is 0.225 e. The predicted octanol–water partition coefficient (Wildman–Crippen LogP) is 3.37. The summed E-state index contributed by atoms with van der Waals surface area (Å²) in [6, 6.07) is 6.07. The molecule has 2 aromatic rings. The van der Waals surface area contributed by atoms with E-state index in [2.05, 4.69) is 10.3 Å². The van der Waals surface area contributed by atoms with Gasteiger partial charge < -0.3 is 5.32 Å². The monoisotopic (exact) mass is 252 g/mol. The number of nitrogens with zero attached hydrogens (tertiary/aromatic N) is 1. The first-order valence-electron chi connectivity index (χ1n) is 4.98. The van der Waals surface area contributed by atoms with E-state index in [1.807, 2.05) is 31.4 Å². The van der Waals surface area contributed by atoms with Crippen molar-refractivity contribution in [1.29, 1.82) is 0 Å². The minimum atomic E-state index is 0.00441. The van der Waals surface area contributed by atoms with Crippen molar-refractivity contribution in [2.45, 2.75) is 18.2 Å². The number of amides is 1. The molecule has 0 aliphatic carbocycles. The summed E-state index contributed by atoms with van der Waals surface area (Å²) in [5, 5.41) is 3.48. The molecule has 84 valence electrons. The first kappa shape index (κ1) is 11.4. The Balaban J connectivity index is 2.39. The van der Waals surface area contributed by atoms with Crippen LogP contribution in [-0.4, -0.2) is 17.1 Å². The second-order valence-corrected chi connectivity index (χ2v) is 5.11. The minimum absolute atomic E-state index is 0.00441. The highest BCUT2D eigenvalue weighted by Gasteiger charge is 2.08. The van der Waals surface area contributed by atoms with Gasteiger partial charge in [0, 0.05) is 11.3 Å². The van der Waals surface area contributed by atoms with Crippen LogP contribution in [-0.2, 0) is 4.79 Å². The van der Waals surface area contributed by atoms with Crippen LogP contribution in [0.25, 0.3) is 10.2 Å². The Morgan fingerprint density at radius 1 is 1.56 bits per heavy atom. The van der Waals surface area contributed by atoms with Crippen molar-refractivity contribution in [3.8, 4) is 0 Å². The molecule has 0 saturated carbocycles. The third kappa shape index (κ3) is 2.20. The van der Waals surface area contributed by atoms with Crippen LogP contribution in [0.15, 0.2) is 23.1 Å². The van der Waals surface area contributed by atoms with E-state index in [1.54, 1.807) is 11.8 Å². The molecule has 1 N–H and O–H groups in total. The SMILES string of the molecule is CCC(=O)Nc1nc2c(SC)cccc2s1. The molecule has 0 fully saturated rings. The normalized spacial score (nSPS) is 10.6. The molecule has 0 spiro atoms. The van der Waals surface area contributed by atoms with Gasteiger partial charge in [-0.25, -0.2) is 4.98 Å². The number of thiazole rings is 1. The molecule has 0 saturated heterocycles. The predicted molar refractivity (Wildman–Crippen MR) is 70.3 cm³/mol. The van der Waals surface area contributed by atoms with Gasteiger partial charge in [-0.3, -0.25) is 4.79 Å². The lowest BCUT2D eigenvalue weighted by Gasteiger charge is -1.96. The van der Waals surface area contributed by atoms with Crippen LogP contribution in [0.4, 0.5) is 5.13 Å². The second-order valence-electron chi connectivity index (χ2n) is 3.23. The topological polar surface area (TPSA) is 42.0 Å². The molecule has 5 heteroatoms. The number of rotatable bonds is 3. The molecule has 1 amide bonds. The van der Waals surface area contributed by atoms with Crippen LogP contribution in [0.2, 0.25) is 0 Å². The molecule has 0 aliphatic heterocycles. The molecule has 0 bridgehead atoms. The highest BCUT2D eigenvalue weighted by Crippen LogP contribution is 2.32. The molecule has 0 atom stereocenters. The fraction of sp³-hybridized carbons (Fsp3) is 0.273. The summed E-state index contributed by atoms with van der Waals surface area (Å²) in [6.45, 7) is 1.83. The first-order valence-corrected chi connectivity index (χ1v) is 7.02. The number of carbonyl (C=O) groups excluding carboxylic acids is 1. The Kier molecular flexibility index (Phi) is 3.46. The lowest BCUT2D eigenvalue weighted by molar-refractivity contribution is -0.115. The van der Waals surface area contributed by atoms with Gasteiger partial charge in [0.15, 0.2) is 5.13 Å². The third-order valence-corrected chi connectivity index (χ3v) is 3.87. The molecular formula is C11H12N2OS2. The fourth-order valence-electron chi connectivity index (χ4n) is 1.35. The zero-order valence-electron chi connectivity index (χ0n) is 9.11. The number of aromatic nitrogens is 1. The molecule has 2 rings (SSSR count). The number of para-hydroxylation sites is 1. The molecule has 1 heterocycles. The van der Waals surface area contributed by atoms with E-state index < -0.39 is 0 Å². The Morgan fingerprint density at radius 2 is 2.38 bits per heavy atom. The number of hydrogen-bond acceptors (Lipinski definition) is 4. The number of thioether (sulfide) groups is 1. The largest absolute Gasteiger partial charge is 0.302 e. The number of benzene rings is 1. The molecule has 3 nitrogen and oxygen atoms in total. The standard InChI is InChI=1S/C11H12N2OS2/c1-3-9(14)12-11-13-10-7(15-2)5-4-6-8(10)16-11/h4-6H,3H2,1-2H3,(H,12,13,14). The number of anilines is 1. The van der Waals surface area contributed by atoms with Crippen LogP contribution < -0.4 is 5.32 Å². The average molecular weight is 252 g/mol. The maximum atomic E-state index is 11.3. The number of nitrogens with one attached hydrogen (secondary N) is 1. The van der Waals surface area contributed by atoms with Crippen molar-refractivity contribution >= 4 is 44.4 Å². The first-order chi connectivity index (χ1) is 7.74. The van der Waals surface area contributed by atoms with E-state index in [-0.39, 0.29) is 5.91 Å².